The molecule has 1 aliphatic rings. The molecule has 0 radical (unpaired) electrons. The van der Waals surface area contributed by atoms with Crippen LogP contribution in [0.25, 0.3) is 16.5 Å². The van der Waals surface area contributed by atoms with Gasteiger partial charge in [0.05, 0.1) is 5.57 Å². The van der Waals surface area contributed by atoms with Gasteiger partial charge in [-0.3, -0.25) is 14.9 Å². The van der Waals surface area contributed by atoms with E-state index in [1.165, 1.54) is 0 Å². The van der Waals surface area contributed by atoms with Gasteiger partial charge in [0.15, 0.2) is 0 Å². The number of carbonyl (C=O) groups is 2. The molecule has 2 amide bonds. The van der Waals surface area contributed by atoms with Crippen LogP contribution in [0.4, 0.5) is 0 Å². The van der Waals surface area contributed by atoms with E-state index in [1.807, 2.05) is 24.3 Å². The van der Waals surface area contributed by atoms with E-state index in [0.717, 1.165) is 48.8 Å². The molecule has 2 heterocycles. The van der Waals surface area contributed by atoms with Crippen molar-refractivity contribution in [3.05, 3.63) is 41.7 Å². The number of nitrogens with one attached hydrogen (secondary N) is 4. The van der Waals surface area contributed by atoms with E-state index < -0.39 is 0 Å². The SMILES string of the molecule is NCCNCCCCCNC1=C(c2c[nH]c3ccccc23)C(=O)NC1=O. The van der Waals surface area contributed by atoms with Crippen molar-refractivity contribution in [1.29, 1.82) is 0 Å². The number of unbranched alkanes of at least 4 members (excludes halogenated alkanes) is 2. The third-order valence-electron chi connectivity index (χ3n) is 4.44. The van der Waals surface area contributed by atoms with Crippen molar-refractivity contribution < 1.29 is 9.59 Å². The summed E-state index contributed by atoms with van der Waals surface area (Å²) in [6, 6.07) is 7.73. The van der Waals surface area contributed by atoms with Crippen molar-refractivity contribution in [2.75, 3.05) is 26.2 Å². The van der Waals surface area contributed by atoms with Crippen LogP contribution in [0.3, 0.4) is 0 Å². The highest BCUT2D eigenvalue weighted by Gasteiger charge is 2.32. The van der Waals surface area contributed by atoms with Gasteiger partial charge in [0, 0.05) is 42.3 Å². The molecular weight excluding hydrogens is 330 g/mol. The molecule has 0 saturated carbocycles. The van der Waals surface area contributed by atoms with Crippen LogP contribution in [-0.4, -0.2) is 43.0 Å². The Bertz CT molecular complexity index is 824. The van der Waals surface area contributed by atoms with Gasteiger partial charge < -0.3 is 21.4 Å². The quantitative estimate of drug-likeness (QED) is 0.320. The lowest BCUT2D eigenvalue weighted by atomic mass is 10.0. The van der Waals surface area contributed by atoms with E-state index in [1.54, 1.807) is 6.20 Å². The van der Waals surface area contributed by atoms with Crippen molar-refractivity contribution in [3.63, 3.8) is 0 Å². The number of para-hydroxylation sites is 1. The first kappa shape index (κ1) is 18.2. The molecule has 1 aromatic heterocycles. The molecule has 0 unspecified atom stereocenters. The zero-order valence-electron chi connectivity index (χ0n) is 14.7. The number of H-pyrrole nitrogens is 1. The first-order chi connectivity index (χ1) is 12.7. The number of imide groups is 1. The predicted octanol–water partition coefficient (Wildman–Crippen LogP) is 0.844. The fraction of sp³-hybridized carbons (Fsp3) is 0.368. The van der Waals surface area contributed by atoms with Crippen molar-refractivity contribution in [2.45, 2.75) is 19.3 Å². The van der Waals surface area contributed by atoms with Crippen LogP contribution < -0.4 is 21.7 Å². The lowest BCUT2D eigenvalue weighted by Gasteiger charge is -2.08. The molecule has 0 fully saturated rings. The van der Waals surface area contributed by atoms with Gasteiger partial charge in [-0.15, -0.1) is 0 Å². The van der Waals surface area contributed by atoms with Gasteiger partial charge in [-0.25, -0.2) is 0 Å². The lowest BCUT2D eigenvalue weighted by Crippen LogP contribution is -2.27. The molecule has 0 atom stereocenters. The fourth-order valence-electron chi connectivity index (χ4n) is 3.15. The molecule has 6 N–H and O–H groups in total. The zero-order valence-corrected chi connectivity index (χ0v) is 14.7. The third kappa shape index (κ3) is 3.95. The Labute approximate surface area is 152 Å². The van der Waals surface area contributed by atoms with Gasteiger partial charge >= 0.3 is 0 Å². The molecule has 7 heteroatoms. The molecule has 0 spiro atoms. The van der Waals surface area contributed by atoms with Crippen LogP contribution in [0.15, 0.2) is 36.2 Å². The smallest absolute Gasteiger partial charge is 0.275 e. The minimum atomic E-state index is -0.361. The van der Waals surface area contributed by atoms with Crippen molar-refractivity contribution in [1.82, 2.24) is 20.9 Å². The van der Waals surface area contributed by atoms with Crippen LogP contribution in [0.2, 0.25) is 0 Å². The Hall–Kier alpha value is -2.64. The lowest BCUT2D eigenvalue weighted by molar-refractivity contribution is -0.123. The number of hydrogen-bond acceptors (Lipinski definition) is 5. The number of fused-ring (bicyclic) bond motifs is 1. The normalized spacial score (nSPS) is 14.3. The standard InChI is InChI=1S/C19H25N5O2/c20-8-11-21-9-4-1-5-10-22-17-16(18(25)24-19(17)26)14-12-23-15-7-3-2-6-13(14)15/h2-3,6-7,12,21,23H,1,4-5,8-11,20H2,(H2,22,24,25,26). The second kappa shape index (κ2) is 8.64. The van der Waals surface area contributed by atoms with Gasteiger partial charge in [-0.1, -0.05) is 24.6 Å². The van der Waals surface area contributed by atoms with Gasteiger partial charge in [0.1, 0.15) is 5.70 Å². The molecular formula is C19H25N5O2. The van der Waals surface area contributed by atoms with Crippen LogP contribution in [0, 0.1) is 0 Å². The van der Waals surface area contributed by atoms with E-state index in [2.05, 4.69) is 20.9 Å². The van der Waals surface area contributed by atoms with Gasteiger partial charge in [-0.05, 0) is 25.5 Å². The summed E-state index contributed by atoms with van der Waals surface area (Å²) in [6.07, 6.45) is 4.80. The first-order valence-corrected chi connectivity index (χ1v) is 9.03. The molecule has 1 aliphatic heterocycles. The molecule has 138 valence electrons. The number of amides is 2. The van der Waals surface area contributed by atoms with E-state index in [4.69, 9.17) is 5.73 Å². The molecule has 26 heavy (non-hydrogen) atoms. The molecule has 0 bridgehead atoms. The van der Waals surface area contributed by atoms with Crippen LogP contribution >= 0.6 is 0 Å². The summed E-state index contributed by atoms with van der Waals surface area (Å²) < 4.78 is 0. The summed E-state index contributed by atoms with van der Waals surface area (Å²) in [5.74, 6) is -0.715. The number of aromatic nitrogens is 1. The monoisotopic (exact) mass is 355 g/mol. The average molecular weight is 355 g/mol. The van der Waals surface area contributed by atoms with Crippen LogP contribution in [0.1, 0.15) is 24.8 Å². The molecule has 1 aromatic carbocycles. The highest BCUT2D eigenvalue weighted by Crippen LogP contribution is 2.29. The summed E-state index contributed by atoms with van der Waals surface area (Å²) in [7, 11) is 0. The van der Waals surface area contributed by atoms with E-state index in [0.29, 0.717) is 24.4 Å². The van der Waals surface area contributed by atoms with Crippen molar-refractivity contribution in [2.24, 2.45) is 5.73 Å². The van der Waals surface area contributed by atoms with Crippen LogP contribution in [-0.2, 0) is 9.59 Å². The number of rotatable bonds is 10. The van der Waals surface area contributed by atoms with Crippen molar-refractivity contribution >= 4 is 28.3 Å². The number of nitrogens with two attached hydrogens (primary N) is 1. The number of hydrogen-bond donors (Lipinski definition) is 5. The number of aromatic amines is 1. The minimum absolute atomic E-state index is 0.353. The minimum Gasteiger partial charge on any atom is -0.380 e. The van der Waals surface area contributed by atoms with E-state index in [9.17, 15) is 9.59 Å². The Morgan fingerprint density at radius 3 is 2.62 bits per heavy atom. The van der Waals surface area contributed by atoms with E-state index >= 15 is 0 Å². The largest absolute Gasteiger partial charge is 0.380 e. The Morgan fingerprint density at radius 1 is 0.962 bits per heavy atom. The first-order valence-electron chi connectivity index (χ1n) is 9.03. The number of carbonyl (C=O) groups excluding carboxylic acids is 2. The fourth-order valence-corrected chi connectivity index (χ4v) is 3.15. The third-order valence-corrected chi connectivity index (χ3v) is 4.44. The van der Waals surface area contributed by atoms with E-state index in [-0.39, 0.29) is 11.8 Å². The van der Waals surface area contributed by atoms with Gasteiger partial charge in [-0.2, -0.15) is 0 Å². The summed E-state index contributed by atoms with van der Waals surface area (Å²) in [6.45, 7) is 3.08. The molecule has 0 aliphatic carbocycles. The second-order valence-electron chi connectivity index (χ2n) is 6.31. The number of benzene rings is 1. The van der Waals surface area contributed by atoms with Gasteiger partial charge in [0.2, 0.25) is 0 Å². The summed E-state index contributed by atoms with van der Waals surface area (Å²) >= 11 is 0. The Kier molecular flexibility index (Phi) is 6.04. The molecule has 7 nitrogen and oxygen atoms in total. The van der Waals surface area contributed by atoms with Crippen molar-refractivity contribution in [3.8, 4) is 0 Å². The maximum atomic E-state index is 12.3. The topological polar surface area (TPSA) is 112 Å². The molecule has 2 aromatic rings. The summed E-state index contributed by atoms with van der Waals surface area (Å²) in [5.41, 5.74) is 7.89. The Morgan fingerprint density at radius 2 is 1.77 bits per heavy atom. The highest BCUT2D eigenvalue weighted by atomic mass is 16.2. The summed E-state index contributed by atoms with van der Waals surface area (Å²) in [4.78, 5) is 27.6. The zero-order chi connectivity index (χ0) is 18.4. The van der Waals surface area contributed by atoms with Crippen LogP contribution in [0.5, 0.6) is 0 Å². The predicted molar refractivity (Wildman–Crippen MR) is 102 cm³/mol. The highest BCUT2D eigenvalue weighted by molar-refractivity contribution is 6.37. The van der Waals surface area contributed by atoms with Gasteiger partial charge in [0.25, 0.3) is 11.8 Å². The molecule has 0 saturated heterocycles. The molecule has 3 rings (SSSR count). The Balaban J connectivity index is 1.65. The second-order valence-corrected chi connectivity index (χ2v) is 6.31. The maximum absolute atomic E-state index is 12.3. The average Bonchev–Trinajstić information content (AvgIpc) is 3.17. The summed E-state index contributed by atoms with van der Waals surface area (Å²) in [5, 5.41) is 9.74. The maximum Gasteiger partial charge on any atom is 0.275 e.